The van der Waals surface area contributed by atoms with Gasteiger partial charge in [-0.05, 0) is 31.0 Å². The first kappa shape index (κ1) is 17.7. The number of benzene rings is 2. The maximum absolute atomic E-state index is 12.5. The van der Waals surface area contributed by atoms with Gasteiger partial charge in [-0.3, -0.25) is 0 Å². The topological polar surface area (TPSA) is 55.4 Å². The van der Waals surface area contributed by atoms with Crippen LogP contribution in [0.25, 0.3) is 0 Å². The molecular formula is C18H23NO3S. The number of ether oxygens (including phenoxy) is 1. The van der Waals surface area contributed by atoms with E-state index < -0.39 is 15.6 Å². The van der Waals surface area contributed by atoms with E-state index in [0.29, 0.717) is 6.42 Å². The fourth-order valence-electron chi connectivity index (χ4n) is 2.52. The second-order valence-corrected chi connectivity index (χ2v) is 7.32. The average Bonchev–Trinajstić information content (AvgIpc) is 2.58. The molecular weight excluding hydrogens is 310 g/mol. The van der Waals surface area contributed by atoms with Crippen molar-refractivity contribution in [3.8, 4) is 0 Å². The smallest absolute Gasteiger partial charge is 0.240 e. The number of aryl methyl sites for hydroxylation is 1. The molecule has 2 rings (SSSR count). The highest BCUT2D eigenvalue weighted by molar-refractivity contribution is 7.89. The van der Waals surface area contributed by atoms with E-state index in [1.54, 1.807) is 31.4 Å². The Labute approximate surface area is 138 Å². The molecule has 0 aromatic heterocycles. The second kappa shape index (κ2) is 7.25. The zero-order valence-electron chi connectivity index (χ0n) is 13.7. The molecule has 0 saturated heterocycles. The molecule has 0 fully saturated rings. The minimum absolute atomic E-state index is 0.181. The van der Waals surface area contributed by atoms with Crippen molar-refractivity contribution in [2.24, 2.45) is 0 Å². The zero-order valence-corrected chi connectivity index (χ0v) is 14.6. The molecule has 0 saturated carbocycles. The van der Waals surface area contributed by atoms with Crippen LogP contribution in [0.5, 0.6) is 0 Å². The molecule has 1 atom stereocenters. The van der Waals surface area contributed by atoms with Crippen LogP contribution in [0.4, 0.5) is 0 Å². The lowest BCUT2D eigenvalue weighted by atomic mass is 9.91. The molecule has 0 aliphatic heterocycles. The van der Waals surface area contributed by atoms with Gasteiger partial charge in [-0.25, -0.2) is 13.1 Å². The number of methoxy groups -OCH3 is 1. The summed E-state index contributed by atoms with van der Waals surface area (Å²) in [6, 6.07) is 16.5. The molecule has 0 spiro atoms. The Morgan fingerprint density at radius 3 is 2.17 bits per heavy atom. The first-order chi connectivity index (χ1) is 10.9. The van der Waals surface area contributed by atoms with E-state index in [1.165, 1.54) is 0 Å². The third kappa shape index (κ3) is 3.99. The Morgan fingerprint density at radius 2 is 1.65 bits per heavy atom. The van der Waals surface area contributed by atoms with Crippen molar-refractivity contribution in [2.75, 3.05) is 13.7 Å². The Kier molecular flexibility index (Phi) is 5.57. The summed E-state index contributed by atoms with van der Waals surface area (Å²) < 4.78 is 33.4. The zero-order chi connectivity index (χ0) is 16.9. The van der Waals surface area contributed by atoms with Gasteiger partial charge < -0.3 is 4.74 Å². The quantitative estimate of drug-likeness (QED) is 0.846. The minimum atomic E-state index is -3.57. The van der Waals surface area contributed by atoms with Crippen molar-refractivity contribution in [3.63, 3.8) is 0 Å². The van der Waals surface area contributed by atoms with Crippen LogP contribution in [-0.2, 0) is 20.4 Å². The van der Waals surface area contributed by atoms with Gasteiger partial charge in [-0.2, -0.15) is 0 Å². The van der Waals surface area contributed by atoms with E-state index in [9.17, 15) is 8.42 Å². The van der Waals surface area contributed by atoms with Gasteiger partial charge in [0, 0.05) is 13.7 Å². The third-order valence-corrected chi connectivity index (χ3v) is 5.56. The summed E-state index contributed by atoms with van der Waals surface area (Å²) >= 11 is 0. The molecule has 5 heteroatoms. The number of rotatable bonds is 7. The monoisotopic (exact) mass is 333 g/mol. The van der Waals surface area contributed by atoms with Gasteiger partial charge in [0.25, 0.3) is 0 Å². The van der Waals surface area contributed by atoms with Gasteiger partial charge in [-0.15, -0.1) is 0 Å². The van der Waals surface area contributed by atoms with Crippen molar-refractivity contribution in [1.29, 1.82) is 0 Å². The fraction of sp³-hybridized carbons (Fsp3) is 0.333. The van der Waals surface area contributed by atoms with Gasteiger partial charge in [0.2, 0.25) is 10.0 Å². The number of nitrogens with one attached hydrogen (secondary N) is 1. The third-order valence-electron chi connectivity index (χ3n) is 4.14. The largest absolute Gasteiger partial charge is 0.372 e. The van der Waals surface area contributed by atoms with E-state index in [1.807, 2.05) is 44.2 Å². The van der Waals surface area contributed by atoms with Crippen molar-refractivity contribution >= 4 is 10.0 Å². The fourth-order valence-corrected chi connectivity index (χ4v) is 3.60. The highest BCUT2D eigenvalue weighted by atomic mass is 32.2. The maximum atomic E-state index is 12.5. The molecule has 2 aromatic carbocycles. The summed E-state index contributed by atoms with van der Waals surface area (Å²) in [4.78, 5) is 0.261. The second-order valence-electron chi connectivity index (χ2n) is 5.56. The predicted molar refractivity (Wildman–Crippen MR) is 91.8 cm³/mol. The molecule has 2 aromatic rings. The van der Waals surface area contributed by atoms with Crippen LogP contribution in [0.15, 0.2) is 59.5 Å². The Bertz CT molecular complexity index is 721. The number of sulfonamides is 1. The van der Waals surface area contributed by atoms with Gasteiger partial charge in [0.1, 0.15) is 5.60 Å². The van der Waals surface area contributed by atoms with E-state index in [-0.39, 0.29) is 11.4 Å². The van der Waals surface area contributed by atoms with Gasteiger partial charge in [-0.1, -0.05) is 55.0 Å². The average molecular weight is 333 g/mol. The van der Waals surface area contributed by atoms with Crippen molar-refractivity contribution in [1.82, 2.24) is 4.72 Å². The summed E-state index contributed by atoms with van der Waals surface area (Å²) in [5, 5.41) is 0. The summed E-state index contributed by atoms with van der Waals surface area (Å²) in [6.45, 7) is 4.09. The normalized spacial score (nSPS) is 14.4. The maximum Gasteiger partial charge on any atom is 0.240 e. The Morgan fingerprint density at radius 1 is 1.04 bits per heavy atom. The van der Waals surface area contributed by atoms with Gasteiger partial charge in [0.05, 0.1) is 4.90 Å². The van der Waals surface area contributed by atoms with E-state index in [0.717, 1.165) is 11.1 Å². The SMILES string of the molecule is CCC(CNS(=O)(=O)c1ccc(C)cc1)(OC)c1ccccc1. The molecule has 0 bridgehead atoms. The molecule has 0 amide bonds. The lowest BCUT2D eigenvalue weighted by Crippen LogP contribution is -2.41. The molecule has 1 N–H and O–H groups in total. The Balaban J connectivity index is 2.23. The molecule has 0 radical (unpaired) electrons. The molecule has 4 nitrogen and oxygen atoms in total. The minimum Gasteiger partial charge on any atom is -0.372 e. The standard InChI is InChI=1S/C18H23NO3S/c1-4-18(22-3,16-8-6-5-7-9-16)14-19-23(20,21)17-12-10-15(2)11-13-17/h5-13,19H,4,14H2,1-3H3. The van der Waals surface area contributed by atoms with Crippen molar-refractivity contribution in [3.05, 3.63) is 65.7 Å². The molecule has 0 aliphatic carbocycles. The summed E-state index contributed by atoms with van der Waals surface area (Å²) in [5.41, 5.74) is 1.29. The lowest BCUT2D eigenvalue weighted by molar-refractivity contribution is -0.0133. The van der Waals surface area contributed by atoms with E-state index >= 15 is 0 Å². The first-order valence-electron chi connectivity index (χ1n) is 7.60. The number of hydrogen-bond donors (Lipinski definition) is 1. The van der Waals surface area contributed by atoms with Crippen LogP contribution in [0.3, 0.4) is 0 Å². The molecule has 1 unspecified atom stereocenters. The highest BCUT2D eigenvalue weighted by Gasteiger charge is 2.32. The summed E-state index contributed by atoms with van der Waals surface area (Å²) in [7, 11) is -1.96. The summed E-state index contributed by atoms with van der Waals surface area (Å²) in [5.74, 6) is 0. The van der Waals surface area contributed by atoms with Crippen LogP contribution >= 0.6 is 0 Å². The van der Waals surface area contributed by atoms with Crippen LogP contribution < -0.4 is 4.72 Å². The van der Waals surface area contributed by atoms with Crippen LogP contribution in [-0.4, -0.2) is 22.1 Å². The molecule has 0 aliphatic rings. The first-order valence-corrected chi connectivity index (χ1v) is 9.09. The number of hydrogen-bond acceptors (Lipinski definition) is 3. The van der Waals surface area contributed by atoms with Crippen LogP contribution in [0.1, 0.15) is 24.5 Å². The highest BCUT2D eigenvalue weighted by Crippen LogP contribution is 2.28. The van der Waals surface area contributed by atoms with Gasteiger partial charge >= 0.3 is 0 Å². The van der Waals surface area contributed by atoms with E-state index in [2.05, 4.69) is 4.72 Å². The molecule has 23 heavy (non-hydrogen) atoms. The van der Waals surface area contributed by atoms with Crippen molar-refractivity contribution in [2.45, 2.75) is 30.8 Å². The van der Waals surface area contributed by atoms with Crippen molar-refractivity contribution < 1.29 is 13.2 Å². The van der Waals surface area contributed by atoms with Crippen LogP contribution in [0, 0.1) is 6.92 Å². The summed E-state index contributed by atoms with van der Waals surface area (Å²) in [6.07, 6.45) is 0.657. The predicted octanol–water partition coefficient (Wildman–Crippen LogP) is 3.23. The molecule has 0 heterocycles. The lowest BCUT2D eigenvalue weighted by Gasteiger charge is -2.32. The molecule has 124 valence electrons. The Hall–Kier alpha value is -1.69. The van der Waals surface area contributed by atoms with Crippen LogP contribution in [0.2, 0.25) is 0 Å². The van der Waals surface area contributed by atoms with E-state index in [4.69, 9.17) is 4.74 Å². The van der Waals surface area contributed by atoms with Gasteiger partial charge in [0.15, 0.2) is 0 Å².